The summed E-state index contributed by atoms with van der Waals surface area (Å²) >= 11 is 0. The summed E-state index contributed by atoms with van der Waals surface area (Å²) in [4.78, 5) is 28.7. The van der Waals surface area contributed by atoms with Gasteiger partial charge in [-0.05, 0) is 22.8 Å². The first kappa shape index (κ1) is 16.9. The summed E-state index contributed by atoms with van der Waals surface area (Å²) in [5.41, 5.74) is 1.23. The molecule has 0 saturated heterocycles. The number of aliphatic carboxylic acids is 1. The van der Waals surface area contributed by atoms with Crippen LogP contribution in [-0.2, 0) is 16.1 Å². The molecule has 0 aromatic heterocycles. The van der Waals surface area contributed by atoms with Gasteiger partial charge in [-0.2, -0.15) is 0 Å². The molecule has 0 bridgehead atoms. The zero-order valence-corrected chi connectivity index (χ0v) is 13.0. The molecule has 0 radical (unpaired) electrons. The van der Waals surface area contributed by atoms with E-state index in [0.717, 1.165) is 21.4 Å². The lowest BCUT2D eigenvalue weighted by Gasteiger charge is -2.22. The first-order chi connectivity index (χ1) is 11.0. The average molecular weight is 317 g/mol. The molecule has 0 aliphatic carbocycles. The lowest BCUT2D eigenvalue weighted by atomic mass is 9.97. The van der Waals surface area contributed by atoms with Gasteiger partial charge in [0.2, 0.25) is 0 Å². The third-order valence-electron chi connectivity index (χ3n) is 3.72. The second-order valence-corrected chi connectivity index (χ2v) is 5.14. The SMILES string of the molecule is CCc1ccc2ccccc2c1C(=O)ON(C)[C@@H](CO)C(=O)O. The second-order valence-electron chi connectivity index (χ2n) is 5.14. The number of hydrogen-bond acceptors (Lipinski definition) is 5. The number of hydroxylamine groups is 2. The standard InChI is InChI=1S/C17H19NO5/c1-3-11-8-9-12-6-4-5-7-13(12)15(11)17(22)23-18(2)14(10-19)16(20)21/h4-9,14,19H,3,10H2,1-2H3,(H,20,21)/t14-/m0/s1. The number of aliphatic hydroxyl groups is 1. The van der Waals surface area contributed by atoms with Crippen LogP contribution >= 0.6 is 0 Å². The number of benzene rings is 2. The van der Waals surface area contributed by atoms with Crippen molar-refractivity contribution < 1.29 is 24.6 Å². The third-order valence-corrected chi connectivity index (χ3v) is 3.72. The fourth-order valence-electron chi connectivity index (χ4n) is 2.44. The molecule has 122 valence electrons. The Bertz CT molecular complexity index is 728. The van der Waals surface area contributed by atoms with Crippen LogP contribution < -0.4 is 0 Å². The van der Waals surface area contributed by atoms with Crippen LogP contribution in [0.4, 0.5) is 0 Å². The van der Waals surface area contributed by atoms with Gasteiger partial charge in [-0.15, -0.1) is 5.06 Å². The van der Waals surface area contributed by atoms with Gasteiger partial charge in [0.05, 0.1) is 12.2 Å². The van der Waals surface area contributed by atoms with Crippen molar-refractivity contribution in [3.8, 4) is 0 Å². The molecule has 0 amide bonds. The van der Waals surface area contributed by atoms with Crippen molar-refractivity contribution in [3.05, 3.63) is 47.5 Å². The Morgan fingerprint density at radius 2 is 1.91 bits per heavy atom. The first-order valence-electron chi connectivity index (χ1n) is 7.29. The van der Waals surface area contributed by atoms with E-state index >= 15 is 0 Å². The van der Waals surface area contributed by atoms with Gasteiger partial charge in [0.25, 0.3) is 0 Å². The maximum Gasteiger partial charge on any atom is 0.357 e. The quantitative estimate of drug-likeness (QED) is 0.791. The van der Waals surface area contributed by atoms with Crippen LogP contribution in [0.1, 0.15) is 22.8 Å². The number of carboxylic acid groups (broad SMARTS) is 1. The predicted molar refractivity (Wildman–Crippen MR) is 85.0 cm³/mol. The molecule has 1 atom stereocenters. The molecule has 2 rings (SSSR count). The molecule has 2 aromatic carbocycles. The highest BCUT2D eigenvalue weighted by Gasteiger charge is 2.26. The number of carbonyl (C=O) groups is 2. The van der Waals surface area contributed by atoms with Crippen LogP contribution in [0.3, 0.4) is 0 Å². The van der Waals surface area contributed by atoms with E-state index in [1.165, 1.54) is 7.05 Å². The summed E-state index contributed by atoms with van der Waals surface area (Å²) < 4.78 is 0. The average Bonchev–Trinajstić information content (AvgIpc) is 2.53. The highest BCUT2D eigenvalue weighted by molar-refractivity contribution is 6.05. The van der Waals surface area contributed by atoms with Gasteiger partial charge in [-0.3, -0.25) is 4.79 Å². The molecule has 0 saturated carbocycles. The minimum Gasteiger partial charge on any atom is -0.480 e. The van der Waals surface area contributed by atoms with E-state index in [9.17, 15) is 9.59 Å². The molecule has 2 aromatic rings. The predicted octanol–water partition coefficient (Wildman–Crippen LogP) is 1.85. The second kappa shape index (κ2) is 7.21. The van der Waals surface area contributed by atoms with E-state index < -0.39 is 24.6 Å². The molecule has 0 spiro atoms. The fourth-order valence-corrected chi connectivity index (χ4v) is 2.44. The van der Waals surface area contributed by atoms with Crippen molar-refractivity contribution in [2.45, 2.75) is 19.4 Å². The molecule has 0 aliphatic heterocycles. The number of fused-ring (bicyclic) bond motifs is 1. The molecule has 0 unspecified atom stereocenters. The summed E-state index contributed by atoms with van der Waals surface area (Å²) in [6.45, 7) is 1.27. The van der Waals surface area contributed by atoms with E-state index in [0.29, 0.717) is 12.0 Å². The number of carboxylic acids is 1. The van der Waals surface area contributed by atoms with Gasteiger partial charge in [0.1, 0.15) is 0 Å². The molecule has 0 fully saturated rings. The van der Waals surface area contributed by atoms with Crippen LogP contribution in [0, 0.1) is 0 Å². The Balaban J connectivity index is 2.39. The van der Waals surface area contributed by atoms with Gasteiger partial charge in [-0.1, -0.05) is 43.3 Å². The molecule has 0 heterocycles. The zero-order valence-electron chi connectivity index (χ0n) is 13.0. The Kier molecular flexibility index (Phi) is 5.31. The lowest BCUT2D eigenvalue weighted by molar-refractivity contribution is -0.168. The maximum atomic E-state index is 12.6. The Labute approximate surface area is 133 Å². The van der Waals surface area contributed by atoms with Gasteiger partial charge in [-0.25, -0.2) is 4.79 Å². The number of aryl methyl sites for hydroxylation is 1. The highest BCUT2D eigenvalue weighted by Crippen LogP contribution is 2.24. The van der Waals surface area contributed by atoms with Gasteiger partial charge >= 0.3 is 11.9 Å². The molecular formula is C17H19NO5. The van der Waals surface area contributed by atoms with E-state index in [2.05, 4.69) is 0 Å². The first-order valence-corrected chi connectivity index (χ1v) is 7.29. The van der Waals surface area contributed by atoms with Crippen LogP contribution in [0.15, 0.2) is 36.4 Å². The normalized spacial score (nSPS) is 12.3. The Morgan fingerprint density at radius 3 is 2.52 bits per heavy atom. The molecule has 6 heteroatoms. The largest absolute Gasteiger partial charge is 0.480 e. The topological polar surface area (TPSA) is 87.1 Å². The molecule has 6 nitrogen and oxygen atoms in total. The van der Waals surface area contributed by atoms with Crippen molar-refractivity contribution >= 4 is 22.7 Å². The number of rotatable bonds is 6. The lowest BCUT2D eigenvalue weighted by Crippen LogP contribution is -2.42. The highest BCUT2D eigenvalue weighted by atomic mass is 16.7. The number of hydrogen-bond donors (Lipinski definition) is 2. The van der Waals surface area contributed by atoms with Crippen molar-refractivity contribution in [1.29, 1.82) is 0 Å². The van der Waals surface area contributed by atoms with E-state index in [1.54, 1.807) is 0 Å². The van der Waals surface area contributed by atoms with E-state index in [1.807, 2.05) is 43.3 Å². The Morgan fingerprint density at radius 1 is 1.22 bits per heavy atom. The molecule has 0 aliphatic rings. The van der Waals surface area contributed by atoms with Crippen molar-refractivity contribution in [2.75, 3.05) is 13.7 Å². The van der Waals surface area contributed by atoms with Crippen LogP contribution in [-0.4, -0.2) is 46.9 Å². The number of likely N-dealkylation sites (N-methyl/N-ethyl adjacent to an activating group) is 1. The van der Waals surface area contributed by atoms with Crippen molar-refractivity contribution in [2.24, 2.45) is 0 Å². The summed E-state index contributed by atoms with van der Waals surface area (Å²) in [6.07, 6.45) is 0.640. The summed E-state index contributed by atoms with van der Waals surface area (Å²) in [5, 5.41) is 20.6. The van der Waals surface area contributed by atoms with E-state index in [4.69, 9.17) is 15.1 Å². The summed E-state index contributed by atoms with van der Waals surface area (Å²) in [6, 6.07) is 9.91. The fraction of sp³-hybridized carbons (Fsp3) is 0.294. The van der Waals surface area contributed by atoms with Gasteiger partial charge in [0, 0.05) is 7.05 Å². The minimum atomic E-state index is -1.31. The van der Waals surface area contributed by atoms with Crippen molar-refractivity contribution in [1.82, 2.24) is 5.06 Å². The number of aliphatic hydroxyl groups excluding tert-OH is 1. The third kappa shape index (κ3) is 3.49. The number of nitrogens with zero attached hydrogens (tertiary/aromatic N) is 1. The van der Waals surface area contributed by atoms with Crippen LogP contribution in [0.5, 0.6) is 0 Å². The van der Waals surface area contributed by atoms with E-state index in [-0.39, 0.29) is 0 Å². The molecule has 23 heavy (non-hydrogen) atoms. The zero-order chi connectivity index (χ0) is 17.0. The van der Waals surface area contributed by atoms with Crippen LogP contribution in [0.2, 0.25) is 0 Å². The minimum absolute atomic E-state index is 0.416. The summed E-state index contributed by atoms with van der Waals surface area (Å²) in [7, 11) is 1.31. The summed E-state index contributed by atoms with van der Waals surface area (Å²) in [5.74, 6) is -1.91. The number of carbonyl (C=O) groups excluding carboxylic acids is 1. The Hall–Kier alpha value is -2.44. The monoisotopic (exact) mass is 317 g/mol. The van der Waals surface area contributed by atoms with Crippen molar-refractivity contribution in [3.63, 3.8) is 0 Å². The van der Waals surface area contributed by atoms with Crippen LogP contribution in [0.25, 0.3) is 10.8 Å². The maximum absolute atomic E-state index is 12.6. The smallest absolute Gasteiger partial charge is 0.357 e. The molecule has 2 N–H and O–H groups in total. The molecular weight excluding hydrogens is 298 g/mol. The van der Waals surface area contributed by atoms with Gasteiger partial charge in [0.15, 0.2) is 6.04 Å². The van der Waals surface area contributed by atoms with Gasteiger partial charge < -0.3 is 15.1 Å².